The Kier molecular flexibility index (Phi) is 60.6. The molecule has 0 aliphatic carbocycles. The van der Waals surface area contributed by atoms with Crippen LogP contribution >= 0.6 is 0 Å². The molecule has 9 heteroatoms. The van der Waals surface area contributed by atoms with Crippen LogP contribution in [0.5, 0.6) is 0 Å². The summed E-state index contributed by atoms with van der Waals surface area (Å²) in [4.78, 5) is 37.5. The first-order valence-corrected chi connectivity index (χ1v) is 33.3. The maximum atomic E-state index is 12.9. The summed E-state index contributed by atoms with van der Waals surface area (Å²) in [5, 5.41) is 9.73. The largest absolute Gasteiger partial charge is 0.477 e. The van der Waals surface area contributed by atoms with Crippen LogP contribution < -0.4 is 0 Å². The Morgan fingerprint density at radius 2 is 0.635 bits per heavy atom. The number of carboxylic acid groups (broad SMARTS) is 1. The van der Waals surface area contributed by atoms with Gasteiger partial charge in [0, 0.05) is 12.8 Å². The van der Waals surface area contributed by atoms with Crippen molar-refractivity contribution in [2.75, 3.05) is 47.5 Å². The zero-order valence-electron chi connectivity index (χ0n) is 54.4. The van der Waals surface area contributed by atoms with Crippen molar-refractivity contribution in [1.29, 1.82) is 0 Å². The van der Waals surface area contributed by atoms with Crippen LogP contribution in [0.15, 0.2) is 170 Å². The number of quaternary nitrogens is 1. The lowest BCUT2D eigenvalue weighted by Gasteiger charge is -2.25. The van der Waals surface area contributed by atoms with Gasteiger partial charge in [0.2, 0.25) is 0 Å². The standard InChI is InChI=1S/C76H121NO8/c1-6-8-10-12-14-16-18-20-22-24-26-27-28-29-30-31-32-33-34-35-36-37-38-39-40-41-42-43-44-45-46-47-49-51-53-55-57-59-61-63-65-67-74(79)85-72(71-84-76(75(80)81)82-69-68-77(3,4)5)70-83-73(78)66-64-62-60-58-56-54-52-50-48-25-23-21-19-17-15-13-11-9-7-2/h8-11,14-17,20-23,26-27,29-30,32-33,35-36,38-39,41-42,44-45,48,50,72,76H,6-7,12-13,18-19,24-25,28,31,34,37,40,43,46-47,49,51-71H2,1-5H3/p+1/b10-8-,11-9-,16-14-,17-15-,22-20-,23-21-,27-26-,30-29-,33-32-,36-35-,39-38-,42-41-,45-44-,50-48-. The number of aliphatic carboxylic acids is 1. The van der Waals surface area contributed by atoms with Crippen LogP contribution in [-0.4, -0.2) is 87.4 Å². The monoisotopic (exact) mass is 1180 g/mol. The summed E-state index contributed by atoms with van der Waals surface area (Å²) >= 11 is 0. The van der Waals surface area contributed by atoms with Crippen LogP contribution in [0.2, 0.25) is 0 Å². The number of ether oxygens (including phenoxy) is 4. The molecule has 9 nitrogen and oxygen atoms in total. The summed E-state index contributed by atoms with van der Waals surface area (Å²) in [6, 6.07) is 0. The number of nitrogens with zero attached hydrogens (tertiary/aromatic N) is 1. The van der Waals surface area contributed by atoms with Crippen LogP contribution in [0.4, 0.5) is 0 Å². The van der Waals surface area contributed by atoms with Gasteiger partial charge in [-0.15, -0.1) is 0 Å². The molecule has 2 atom stereocenters. The number of esters is 2. The van der Waals surface area contributed by atoms with Crippen molar-refractivity contribution in [3.05, 3.63) is 170 Å². The molecule has 1 N–H and O–H groups in total. The van der Waals surface area contributed by atoms with Crippen molar-refractivity contribution in [1.82, 2.24) is 0 Å². The van der Waals surface area contributed by atoms with E-state index < -0.39 is 24.3 Å². The zero-order chi connectivity index (χ0) is 61.9. The minimum atomic E-state index is -1.53. The van der Waals surface area contributed by atoms with Crippen molar-refractivity contribution in [3.63, 3.8) is 0 Å². The van der Waals surface area contributed by atoms with Crippen LogP contribution in [-0.2, 0) is 33.3 Å². The van der Waals surface area contributed by atoms with Gasteiger partial charge in [0.1, 0.15) is 13.2 Å². The number of likely N-dealkylation sites (N-methyl/N-ethyl adjacent to an activating group) is 1. The minimum Gasteiger partial charge on any atom is -0.477 e. The molecule has 0 aliphatic heterocycles. The van der Waals surface area contributed by atoms with Gasteiger partial charge in [0.15, 0.2) is 6.10 Å². The Balaban J connectivity index is 4.18. The van der Waals surface area contributed by atoms with Crippen molar-refractivity contribution in [3.8, 4) is 0 Å². The second-order valence-electron chi connectivity index (χ2n) is 22.7. The average molecular weight is 1180 g/mol. The fourth-order valence-corrected chi connectivity index (χ4v) is 8.44. The van der Waals surface area contributed by atoms with Gasteiger partial charge >= 0.3 is 17.9 Å². The highest BCUT2D eigenvalue weighted by atomic mass is 16.7. The van der Waals surface area contributed by atoms with Crippen LogP contribution in [0.1, 0.15) is 232 Å². The predicted octanol–water partition coefficient (Wildman–Crippen LogP) is 20.7. The molecule has 0 saturated heterocycles. The highest BCUT2D eigenvalue weighted by Crippen LogP contribution is 2.15. The maximum Gasteiger partial charge on any atom is 0.361 e. The van der Waals surface area contributed by atoms with E-state index in [2.05, 4.69) is 184 Å². The molecule has 2 unspecified atom stereocenters. The van der Waals surface area contributed by atoms with Gasteiger partial charge in [-0.2, -0.15) is 0 Å². The number of carboxylic acids is 1. The number of carbonyl (C=O) groups excluding carboxylic acids is 2. The van der Waals surface area contributed by atoms with E-state index in [0.29, 0.717) is 17.4 Å². The Bertz CT molecular complexity index is 2000. The number of allylic oxidation sites excluding steroid dienone is 28. The van der Waals surface area contributed by atoms with Gasteiger partial charge in [0.05, 0.1) is 34.4 Å². The van der Waals surface area contributed by atoms with Crippen molar-refractivity contribution in [2.24, 2.45) is 0 Å². The topological polar surface area (TPSA) is 108 Å². The molecule has 478 valence electrons. The van der Waals surface area contributed by atoms with E-state index in [1.807, 2.05) is 21.1 Å². The van der Waals surface area contributed by atoms with Crippen LogP contribution in [0.3, 0.4) is 0 Å². The summed E-state index contributed by atoms with van der Waals surface area (Å²) in [5.41, 5.74) is 0. The lowest BCUT2D eigenvalue weighted by atomic mass is 10.0. The third kappa shape index (κ3) is 66.0. The summed E-state index contributed by atoms with van der Waals surface area (Å²) in [7, 11) is 5.95. The summed E-state index contributed by atoms with van der Waals surface area (Å²) in [6.45, 7) is 4.61. The minimum absolute atomic E-state index is 0.176. The van der Waals surface area contributed by atoms with E-state index >= 15 is 0 Å². The van der Waals surface area contributed by atoms with E-state index in [4.69, 9.17) is 18.9 Å². The van der Waals surface area contributed by atoms with E-state index in [-0.39, 0.29) is 38.6 Å². The van der Waals surface area contributed by atoms with Gasteiger partial charge in [-0.05, 0) is 128 Å². The predicted molar refractivity (Wildman–Crippen MR) is 363 cm³/mol. The van der Waals surface area contributed by atoms with E-state index in [9.17, 15) is 19.5 Å². The fourth-order valence-electron chi connectivity index (χ4n) is 8.44. The molecule has 0 aromatic heterocycles. The second kappa shape index (κ2) is 64.6. The quantitative estimate of drug-likeness (QED) is 0.0211. The molecular formula is C76H122NO8+. The van der Waals surface area contributed by atoms with Gasteiger partial charge in [-0.1, -0.05) is 261 Å². The molecule has 0 amide bonds. The van der Waals surface area contributed by atoms with Gasteiger partial charge in [-0.3, -0.25) is 9.59 Å². The number of hydrogen-bond donors (Lipinski definition) is 1. The zero-order valence-corrected chi connectivity index (χ0v) is 54.4. The van der Waals surface area contributed by atoms with Gasteiger partial charge in [-0.25, -0.2) is 4.79 Å². The Morgan fingerprint density at radius 1 is 0.353 bits per heavy atom. The van der Waals surface area contributed by atoms with E-state index in [1.54, 1.807) is 0 Å². The third-order valence-electron chi connectivity index (χ3n) is 13.5. The first-order chi connectivity index (χ1) is 41.6. The highest BCUT2D eigenvalue weighted by molar-refractivity contribution is 5.71. The first-order valence-electron chi connectivity index (χ1n) is 33.3. The molecule has 0 aromatic carbocycles. The molecule has 0 heterocycles. The molecule has 0 bridgehead atoms. The molecule has 85 heavy (non-hydrogen) atoms. The Hall–Kier alpha value is -5.35. The Morgan fingerprint density at radius 3 is 0.941 bits per heavy atom. The van der Waals surface area contributed by atoms with Crippen molar-refractivity contribution in [2.45, 2.75) is 245 Å². The van der Waals surface area contributed by atoms with E-state index in [0.717, 1.165) is 161 Å². The normalized spacial score (nSPS) is 13.8. The Labute approximate surface area is 520 Å². The second-order valence-corrected chi connectivity index (χ2v) is 22.7. The van der Waals surface area contributed by atoms with Crippen molar-refractivity contribution >= 4 is 17.9 Å². The summed E-state index contributed by atoms with van der Waals surface area (Å²) < 4.78 is 22.9. The average Bonchev–Trinajstić information content (AvgIpc) is 3.49. The fraction of sp³-hybridized carbons (Fsp3) is 0.592. The molecule has 0 rings (SSSR count). The highest BCUT2D eigenvalue weighted by Gasteiger charge is 2.25. The van der Waals surface area contributed by atoms with Crippen molar-refractivity contribution < 1.29 is 42.9 Å². The maximum absolute atomic E-state index is 12.9. The molecule has 0 aliphatic rings. The van der Waals surface area contributed by atoms with Gasteiger partial charge in [0.25, 0.3) is 6.29 Å². The van der Waals surface area contributed by atoms with Gasteiger partial charge < -0.3 is 28.5 Å². The van der Waals surface area contributed by atoms with Crippen LogP contribution in [0, 0.1) is 0 Å². The van der Waals surface area contributed by atoms with Crippen LogP contribution in [0.25, 0.3) is 0 Å². The lowest BCUT2D eigenvalue weighted by Crippen LogP contribution is -2.40. The first kappa shape index (κ1) is 79.7. The summed E-state index contributed by atoms with van der Waals surface area (Å²) in [6.07, 6.45) is 94.5. The SMILES string of the molecule is CC/C=C\C/C=C\C/C=C\C/C=C\C/C=C\C/C=C\C/C=C\C/C=C\C/C=C\C/C=C\CCCCCCCCCCCCC(=O)OC(COC(=O)CCCCCCCC/C=C\C/C=C\C/C=C\C/C=C\CC)COC(OCC[N+](C)(C)C)C(=O)O. The smallest absolute Gasteiger partial charge is 0.361 e. The third-order valence-corrected chi connectivity index (χ3v) is 13.5. The molecule has 0 saturated carbocycles. The molecular weight excluding hydrogens is 1050 g/mol. The molecule has 0 radical (unpaired) electrons. The number of rotatable bonds is 59. The number of unbranched alkanes of at least 4 members (excludes halogenated alkanes) is 16. The molecule has 0 fully saturated rings. The molecule has 0 spiro atoms. The summed E-state index contributed by atoms with van der Waals surface area (Å²) in [5.74, 6) is -2.05. The number of hydrogen-bond acceptors (Lipinski definition) is 7. The number of carbonyl (C=O) groups is 3. The van der Waals surface area contributed by atoms with E-state index in [1.165, 1.54) is 38.5 Å². The molecule has 0 aromatic rings. The lowest BCUT2D eigenvalue weighted by molar-refractivity contribution is -0.870.